The van der Waals surface area contributed by atoms with Crippen molar-refractivity contribution in [2.24, 2.45) is 34.0 Å². The Kier molecular flexibility index (Phi) is 3.22. The van der Waals surface area contributed by atoms with Gasteiger partial charge in [-0.15, -0.1) is 0 Å². The normalized spacial score (nSPS) is 60.9. The summed E-state index contributed by atoms with van der Waals surface area (Å²) < 4.78 is 0. The average Bonchev–Trinajstić information content (AvgIpc) is 2.51. The van der Waals surface area contributed by atoms with Crippen LogP contribution in [0.4, 0.5) is 0 Å². The number of aliphatic hydroxyl groups is 3. The van der Waals surface area contributed by atoms with Crippen LogP contribution < -0.4 is 0 Å². The molecule has 0 aliphatic heterocycles. The Bertz CT molecular complexity index is 513. The highest BCUT2D eigenvalue weighted by atomic mass is 16.3. The van der Waals surface area contributed by atoms with Crippen molar-refractivity contribution in [1.29, 1.82) is 0 Å². The molecular weight excluding hydrogens is 288 g/mol. The molecule has 3 N–H and O–H groups in total. The van der Waals surface area contributed by atoms with Crippen LogP contribution in [0.2, 0.25) is 0 Å². The minimum absolute atomic E-state index is 0.00970. The summed E-state index contributed by atoms with van der Waals surface area (Å²) >= 11 is 0. The molecule has 132 valence electrons. The number of fused-ring (bicyclic) bond motifs is 3. The van der Waals surface area contributed by atoms with Crippen LogP contribution in [-0.4, -0.2) is 33.1 Å². The minimum atomic E-state index is -0.569. The third-order valence-corrected chi connectivity index (χ3v) is 8.57. The van der Waals surface area contributed by atoms with Gasteiger partial charge in [0.05, 0.1) is 17.8 Å². The fourth-order valence-corrected chi connectivity index (χ4v) is 8.51. The Labute approximate surface area is 140 Å². The van der Waals surface area contributed by atoms with Gasteiger partial charge in [0.15, 0.2) is 0 Å². The van der Waals surface area contributed by atoms with Crippen LogP contribution in [0.15, 0.2) is 0 Å². The second kappa shape index (κ2) is 4.53. The van der Waals surface area contributed by atoms with E-state index in [0.29, 0.717) is 11.8 Å². The van der Waals surface area contributed by atoms with Crippen LogP contribution in [0, 0.1) is 34.0 Å². The van der Waals surface area contributed by atoms with E-state index in [-0.39, 0.29) is 34.4 Å². The number of hydrogen-bond donors (Lipinski definition) is 3. The third-order valence-electron chi connectivity index (χ3n) is 8.57. The van der Waals surface area contributed by atoms with Crippen molar-refractivity contribution in [3.8, 4) is 0 Å². The fraction of sp³-hybridized carbons (Fsp3) is 1.00. The molecule has 4 fully saturated rings. The van der Waals surface area contributed by atoms with Crippen molar-refractivity contribution in [2.75, 3.05) is 0 Å². The molecule has 4 aliphatic carbocycles. The lowest BCUT2D eigenvalue weighted by molar-refractivity contribution is -0.216. The van der Waals surface area contributed by atoms with Gasteiger partial charge in [-0.05, 0) is 85.9 Å². The lowest BCUT2D eigenvalue weighted by atomic mass is 9.40. The topological polar surface area (TPSA) is 60.7 Å². The molecule has 4 rings (SSSR count). The van der Waals surface area contributed by atoms with Crippen molar-refractivity contribution in [2.45, 2.75) is 90.4 Å². The van der Waals surface area contributed by atoms with Crippen molar-refractivity contribution in [3.63, 3.8) is 0 Å². The van der Waals surface area contributed by atoms with Gasteiger partial charge in [0.1, 0.15) is 0 Å². The molecule has 8 atom stereocenters. The summed E-state index contributed by atoms with van der Waals surface area (Å²) in [5, 5.41) is 32.6. The Morgan fingerprint density at radius 1 is 0.870 bits per heavy atom. The molecule has 4 saturated carbocycles. The molecule has 0 aromatic rings. The van der Waals surface area contributed by atoms with Gasteiger partial charge in [0, 0.05) is 0 Å². The van der Waals surface area contributed by atoms with Crippen molar-refractivity contribution in [3.05, 3.63) is 0 Å². The Morgan fingerprint density at radius 2 is 1.57 bits per heavy atom. The second-order valence-electron chi connectivity index (χ2n) is 10.7. The predicted octanol–water partition coefficient (Wildman–Crippen LogP) is 3.11. The lowest BCUT2D eigenvalue weighted by Gasteiger charge is -2.66. The van der Waals surface area contributed by atoms with Gasteiger partial charge >= 0.3 is 0 Å². The molecule has 4 aliphatic rings. The quantitative estimate of drug-likeness (QED) is 0.642. The highest BCUT2D eigenvalue weighted by Gasteiger charge is 2.69. The molecule has 2 bridgehead atoms. The molecule has 0 amide bonds. The van der Waals surface area contributed by atoms with E-state index in [4.69, 9.17) is 0 Å². The maximum atomic E-state index is 11.2. The van der Waals surface area contributed by atoms with Crippen molar-refractivity contribution >= 4 is 0 Å². The Morgan fingerprint density at radius 3 is 2.26 bits per heavy atom. The molecule has 1 spiro atoms. The van der Waals surface area contributed by atoms with E-state index in [9.17, 15) is 15.3 Å². The molecule has 0 radical (unpaired) electrons. The van der Waals surface area contributed by atoms with Crippen LogP contribution in [0.5, 0.6) is 0 Å². The lowest BCUT2D eigenvalue weighted by Crippen LogP contribution is -2.63. The number of rotatable bonds is 0. The monoisotopic (exact) mass is 322 g/mol. The SMILES string of the molecule is CC1(C)CC(O)C[C@]2(C)[C@H]1C(O)C[C@@]13CC(CC[C@@H]12)[C@](C)(O)C3. The summed E-state index contributed by atoms with van der Waals surface area (Å²) in [7, 11) is 0. The van der Waals surface area contributed by atoms with E-state index in [1.54, 1.807) is 0 Å². The van der Waals surface area contributed by atoms with Gasteiger partial charge in [-0.25, -0.2) is 0 Å². The van der Waals surface area contributed by atoms with Crippen LogP contribution in [-0.2, 0) is 0 Å². The highest BCUT2D eigenvalue weighted by molar-refractivity contribution is 5.18. The molecule has 3 nitrogen and oxygen atoms in total. The first-order valence-electron chi connectivity index (χ1n) is 9.59. The van der Waals surface area contributed by atoms with Gasteiger partial charge in [0.2, 0.25) is 0 Å². The molecule has 3 unspecified atom stereocenters. The molecule has 0 heterocycles. The summed E-state index contributed by atoms with van der Waals surface area (Å²) in [4.78, 5) is 0. The van der Waals surface area contributed by atoms with E-state index in [0.717, 1.165) is 44.9 Å². The maximum Gasteiger partial charge on any atom is 0.0653 e. The summed E-state index contributed by atoms with van der Waals surface area (Å²) in [6, 6.07) is 0. The number of aliphatic hydroxyl groups excluding tert-OH is 2. The average molecular weight is 322 g/mol. The van der Waals surface area contributed by atoms with E-state index in [1.807, 2.05) is 6.92 Å². The maximum absolute atomic E-state index is 11.2. The van der Waals surface area contributed by atoms with E-state index < -0.39 is 5.60 Å². The zero-order valence-corrected chi connectivity index (χ0v) is 15.2. The van der Waals surface area contributed by atoms with Gasteiger partial charge < -0.3 is 15.3 Å². The first-order valence-corrected chi connectivity index (χ1v) is 9.59. The first kappa shape index (κ1) is 16.4. The summed E-state index contributed by atoms with van der Waals surface area (Å²) in [5.74, 6) is 1.19. The van der Waals surface area contributed by atoms with Crippen LogP contribution in [0.3, 0.4) is 0 Å². The van der Waals surface area contributed by atoms with Crippen LogP contribution in [0.1, 0.15) is 72.6 Å². The molecule has 0 saturated heterocycles. The minimum Gasteiger partial charge on any atom is -0.393 e. The van der Waals surface area contributed by atoms with Gasteiger partial charge in [0.25, 0.3) is 0 Å². The van der Waals surface area contributed by atoms with Gasteiger partial charge in [-0.2, -0.15) is 0 Å². The molecular formula is C20H34O3. The van der Waals surface area contributed by atoms with Crippen LogP contribution >= 0.6 is 0 Å². The summed E-state index contributed by atoms with van der Waals surface area (Å²) in [6.45, 7) is 8.81. The predicted molar refractivity (Wildman–Crippen MR) is 89.7 cm³/mol. The fourth-order valence-electron chi connectivity index (χ4n) is 8.51. The zero-order chi connectivity index (χ0) is 16.8. The molecule has 3 heteroatoms. The third kappa shape index (κ3) is 2.05. The van der Waals surface area contributed by atoms with Gasteiger partial charge in [-0.1, -0.05) is 20.8 Å². The largest absolute Gasteiger partial charge is 0.393 e. The second-order valence-corrected chi connectivity index (χ2v) is 10.7. The van der Waals surface area contributed by atoms with E-state index in [1.165, 1.54) is 0 Å². The van der Waals surface area contributed by atoms with Crippen molar-refractivity contribution in [1.82, 2.24) is 0 Å². The number of hydrogen-bond acceptors (Lipinski definition) is 3. The highest BCUT2D eigenvalue weighted by Crippen LogP contribution is 2.72. The summed E-state index contributed by atoms with van der Waals surface area (Å²) in [5.41, 5.74) is -0.514. The molecule has 23 heavy (non-hydrogen) atoms. The molecule has 0 aromatic carbocycles. The Balaban J connectivity index is 1.79. The van der Waals surface area contributed by atoms with E-state index >= 15 is 0 Å². The van der Waals surface area contributed by atoms with Crippen LogP contribution in [0.25, 0.3) is 0 Å². The van der Waals surface area contributed by atoms with Crippen molar-refractivity contribution < 1.29 is 15.3 Å². The summed E-state index contributed by atoms with van der Waals surface area (Å²) in [6.07, 6.45) is 6.08. The standard InChI is InChI=1S/C20H34O3/c1-17(2)8-13(21)9-18(3)15-6-5-12-7-20(15,11-19(12,4)23)10-14(22)16(17)18/h12-16,21-23H,5-11H2,1-4H3/t12?,13?,14?,15-,16+,18+,19-,20-/m1/s1. The van der Waals surface area contributed by atoms with E-state index in [2.05, 4.69) is 20.8 Å². The first-order chi connectivity index (χ1) is 10.5. The molecule has 0 aromatic heterocycles. The van der Waals surface area contributed by atoms with Gasteiger partial charge in [-0.3, -0.25) is 0 Å². The smallest absolute Gasteiger partial charge is 0.0653 e. The Hall–Kier alpha value is -0.120. The zero-order valence-electron chi connectivity index (χ0n) is 15.2.